The molecule has 0 saturated carbocycles. The summed E-state index contributed by atoms with van der Waals surface area (Å²) in [6.45, 7) is 7.80. The number of phenolic OH excluding ortho intramolecular Hbond substituents is 2. The zero-order valence-corrected chi connectivity index (χ0v) is 13.7. The van der Waals surface area contributed by atoms with Crippen LogP contribution in [0, 0.1) is 0 Å². The van der Waals surface area contributed by atoms with Gasteiger partial charge in [-0.2, -0.15) is 0 Å². The highest BCUT2D eigenvalue weighted by Gasteiger charge is 2.12. The van der Waals surface area contributed by atoms with Gasteiger partial charge in [-0.15, -0.1) is 0 Å². The molecule has 0 atom stereocenters. The largest absolute Gasteiger partial charge is 0.508 e. The number of hydrogen-bond acceptors (Lipinski definition) is 4. The molecule has 2 aromatic carbocycles. The van der Waals surface area contributed by atoms with Crippen LogP contribution in [0.15, 0.2) is 53.5 Å². The second kappa shape index (κ2) is 8.34. The average molecular weight is 312 g/mol. The lowest BCUT2D eigenvalue weighted by Crippen LogP contribution is -2.26. The van der Waals surface area contributed by atoms with Crippen molar-refractivity contribution in [2.45, 2.75) is 13.8 Å². The van der Waals surface area contributed by atoms with Crippen LogP contribution in [0.2, 0.25) is 0 Å². The minimum atomic E-state index is 0.0374. The van der Waals surface area contributed by atoms with Crippen LogP contribution in [0.25, 0.3) is 0 Å². The summed E-state index contributed by atoms with van der Waals surface area (Å²) in [5.41, 5.74) is 2.33. The van der Waals surface area contributed by atoms with Gasteiger partial charge in [-0.05, 0) is 25.2 Å². The van der Waals surface area contributed by atoms with Crippen LogP contribution in [0.3, 0.4) is 0 Å². The van der Waals surface area contributed by atoms with E-state index in [4.69, 9.17) is 4.99 Å². The zero-order valence-electron chi connectivity index (χ0n) is 13.7. The van der Waals surface area contributed by atoms with Crippen molar-refractivity contribution in [3.05, 3.63) is 59.7 Å². The fourth-order valence-corrected chi connectivity index (χ4v) is 2.49. The molecule has 0 radical (unpaired) electrons. The first-order valence-electron chi connectivity index (χ1n) is 8.00. The van der Waals surface area contributed by atoms with Crippen LogP contribution in [0.1, 0.15) is 25.0 Å². The Morgan fingerprint density at radius 3 is 2.30 bits per heavy atom. The summed E-state index contributed by atoms with van der Waals surface area (Å²) in [6, 6.07) is 14.4. The minimum absolute atomic E-state index is 0.0374. The van der Waals surface area contributed by atoms with Crippen molar-refractivity contribution in [1.29, 1.82) is 0 Å². The van der Waals surface area contributed by atoms with Gasteiger partial charge in [0.1, 0.15) is 11.5 Å². The van der Waals surface area contributed by atoms with Crippen molar-refractivity contribution in [2.75, 3.05) is 26.2 Å². The Hall–Kier alpha value is -2.33. The Balaban J connectivity index is 2.32. The van der Waals surface area contributed by atoms with Gasteiger partial charge in [0.15, 0.2) is 0 Å². The van der Waals surface area contributed by atoms with Crippen molar-refractivity contribution in [2.24, 2.45) is 4.99 Å². The van der Waals surface area contributed by atoms with Crippen LogP contribution < -0.4 is 0 Å². The van der Waals surface area contributed by atoms with Gasteiger partial charge in [-0.3, -0.25) is 4.99 Å². The Kier molecular flexibility index (Phi) is 6.18. The molecule has 23 heavy (non-hydrogen) atoms. The predicted molar refractivity (Wildman–Crippen MR) is 94.5 cm³/mol. The van der Waals surface area contributed by atoms with Crippen LogP contribution >= 0.6 is 0 Å². The average Bonchev–Trinajstić information content (AvgIpc) is 2.57. The van der Waals surface area contributed by atoms with Gasteiger partial charge < -0.3 is 15.1 Å². The molecule has 122 valence electrons. The van der Waals surface area contributed by atoms with E-state index >= 15 is 0 Å². The highest BCUT2D eigenvalue weighted by molar-refractivity contribution is 6.14. The fourth-order valence-electron chi connectivity index (χ4n) is 2.49. The van der Waals surface area contributed by atoms with Crippen molar-refractivity contribution in [1.82, 2.24) is 4.90 Å². The first kappa shape index (κ1) is 17.0. The number of phenols is 2. The van der Waals surface area contributed by atoms with Gasteiger partial charge in [-0.1, -0.05) is 44.2 Å². The zero-order chi connectivity index (χ0) is 16.7. The smallest absolute Gasteiger partial charge is 0.128 e. The van der Waals surface area contributed by atoms with E-state index in [9.17, 15) is 10.2 Å². The highest BCUT2D eigenvalue weighted by atomic mass is 16.3. The maximum absolute atomic E-state index is 10.2. The summed E-state index contributed by atoms with van der Waals surface area (Å²) in [5, 5.41) is 19.7. The lowest BCUT2D eigenvalue weighted by molar-refractivity contribution is 0.313. The Labute approximate surface area is 137 Å². The number of aromatic hydroxyl groups is 2. The molecule has 2 N–H and O–H groups in total. The summed E-state index contributed by atoms with van der Waals surface area (Å²) in [5.74, 6) is 0.0808. The number of benzene rings is 2. The molecular weight excluding hydrogens is 288 g/mol. The molecule has 4 nitrogen and oxygen atoms in total. The van der Waals surface area contributed by atoms with Gasteiger partial charge in [0.2, 0.25) is 0 Å². The van der Waals surface area contributed by atoms with E-state index in [-0.39, 0.29) is 11.5 Å². The molecule has 4 heteroatoms. The number of hydrogen-bond donors (Lipinski definition) is 2. The van der Waals surface area contributed by atoms with Crippen LogP contribution in [-0.4, -0.2) is 47.0 Å². The van der Waals surface area contributed by atoms with Gasteiger partial charge in [0.25, 0.3) is 0 Å². The fraction of sp³-hybridized carbons (Fsp3) is 0.316. The van der Waals surface area contributed by atoms with Gasteiger partial charge in [0.05, 0.1) is 12.3 Å². The lowest BCUT2D eigenvalue weighted by Gasteiger charge is -2.17. The van der Waals surface area contributed by atoms with Crippen molar-refractivity contribution in [3.63, 3.8) is 0 Å². The second-order valence-corrected chi connectivity index (χ2v) is 5.32. The molecule has 0 aliphatic carbocycles. The molecule has 0 heterocycles. The third-order valence-corrected chi connectivity index (χ3v) is 3.86. The normalized spacial score (nSPS) is 11.9. The molecular formula is C19H24N2O2. The predicted octanol–water partition coefficient (Wildman–Crippen LogP) is 3.28. The number of likely N-dealkylation sites (N-methyl/N-ethyl adjacent to an activating group) is 1. The summed E-state index contributed by atoms with van der Waals surface area (Å²) in [7, 11) is 0. The number of aliphatic imine (C=N–C) groups is 1. The molecule has 0 saturated heterocycles. The van der Waals surface area contributed by atoms with Gasteiger partial charge in [-0.25, -0.2) is 0 Å². The summed E-state index contributed by atoms with van der Waals surface area (Å²) in [4.78, 5) is 7.03. The number of rotatable bonds is 7. The molecule has 0 aliphatic heterocycles. The topological polar surface area (TPSA) is 56.1 Å². The summed E-state index contributed by atoms with van der Waals surface area (Å²) in [6.07, 6.45) is 0. The summed E-state index contributed by atoms with van der Waals surface area (Å²) < 4.78 is 0. The lowest BCUT2D eigenvalue weighted by atomic mass is 10.0. The van der Waals surface area contributed by atoms with Crippen molar-refractivity contribution >= 4 is 5.71 Å². The third-order valence-electron chi connectivity index (χ3n) is 3.86. The van der Waals surface area contributed by atoms with Crippen LogP contribution in [0.5, 0.6) is 11.5 Å². The summed E-state index contributed by atoms with van der Waals surface area (Å²) >= 11 is 0. The second-order valence-electron chi connectivity index (χ2n) is 5.32. The Bertz CT molecular complexity index is 650. The van der Waals surface area contributed by atoms with E-state index in [1.807, 2.05) is 30.3 Å². The van der Waals surface area contributed by atoms with E-state index in [2.05, 4.69) is 18.7 Å². The highest BCUT2D eigenvalue weighted by Crippen LogP contribution is 2.25. The standard InChI is InChI=1S/C19H24N2O2/c1-3-21(4-2)13-12-20-19(15-8-6-5-7-9-15)17-11-10-16(22)14-18(17)23/h5-11,14,22-23H,3-4,12-13H2,1-2H3. The van der Waals surface area contributed by atoms with E-state index in [0.717, 1.165) is 30.9 Å². The maximum atomic E-state index is 10.2. The first-order chi connectivity index (χ1) is 11.2. The quantitative estimate of drug-likeness (QED) is 0.772. The molecule has 0 aliphatic rings. The SMILES string of the molecule is CCN(CC)CCN=C(c1ccccc1)c1ccc(O)cc1O. The molecule has 0 fully saturated rings. The first-order valence-corrected chi connectivity index (χ1v) is 8.00. The van der Waals surface area contributed by atoms with Crippen molar-refractivity contribution < 1.29 is 10.2 Å². The maximum Gasteiger partial charge on any atom is 0.128 e. The van der Waals surface area contributed by atoms with Gasteiger partial charge in [0, 0.05) is 23.7 Å². The van der Waals surface area contributed by atoms with E-state index in [1.165, 1.54) is 6.07 Å². The van der Waals surface area contributed by atoms with Gasteiger partial charge >= 0.3 is 0 Å². The molecule has 2 aromatic rings. The Morgan fingerprint density at radius 1 is 1.00 bits per heavy atom. The Morgan fingerprint density at radius 2 is 1.70 bits per heavy atom. The third kappa shape index (κ3) is 4.57. The minimum Gasteiger partial charge on any atom is -0.508 e. The molecule has 0 amide bonds. The molecule has 0 spiro atoms. The molecule has 2 rings (SSSR count). The van der Waals surface area contributed by atoms with E-state index < -0.39 is 0 Å². The van der Waals surface area contributed by atoms with Crippen LogP contribution in [0.4, 0.5) is 0 Å². The molecule has 0 aromatic heterocycles. The monoisotopic (exact) mass is 312 g/mol. The van der Waals surface area contributed by atoms with Crippen molar-refractivity contribution in [3.8, 4) is 11.5 Å². The van der Waals surface area contributed by atoms with E-state index in [0.29, 0.717) is 12.1 Å². The van der Waals surface area contributed by atoms with E-state index in [1.54, 1.807) is 12.1 Å². The molecule has 0 bridgehead atoms. The van der Waals surface area contributed by atoms with Crippen LogP contribution in [-0.2, 0) is 0 Å². The molecule has 0 unspecified atom stereocenters. The number of nitrogens with zero attached hydrogens (tertiary/aromatic N) is 2.